The number of carboxylic acid groups (broad SMARTS) is 1. The minimum Gasteiger partial charge on any atom is -0.480 e. The zero-order valence-corrected chi connectivity index (χ0v) is 13.1. The van der Waals surface area contributed by atoms with Crippen LogP contribution in [0.4, 0.5) is 4.79 Å². The third-order valence-electron chi connectivity index (χ3n) is 3.27. The summed E-state index contributed by atoms with van der Waals surface area (Å²) in [5.74, 6) is -1.04. The molecule has 0 bridgehead atoms. The Morgan fingerprint density at radius 2 is 1.67 bits per heavy atom. The van der Waals surface area contributed by atoms with Gasteiger partial charge in [-0.1, -0.05) is 52.0 Å². The van der Waals surface area contributed by atoms with E-state index in [-0.39, 0.29) is 0 Å². The van der Waals surface area contributed by atoms with Gasteiger partial charge >= 0.3 is 12.0 Å². The number of rotatable bonds is 5. The van der Waals surface area contributed by atoms with Gasteiger partial charge in [-0.05, 0) is 23.0 Å². The van der Waals surface area contributed by atoms with Crippen LogP contribution in [-0.2, 0) is 17.8 Å². The summed E-state index contributed by atoms with van der Waals surface area (Å²) in [7, 11) is 0. The summed E-state index contributed by atoms with van der Waals surface area (Å²) in [5.41, 5.74) is 1.67. The molecule has 0 fully saturated rings. The molecule has 0 unspecified atom stereocenters. The van der Waals surface area contributed by atoms with E-state index >= 15 is 0 Å². The van der Waals surface area contributed by atoms with Crippen molar-refractivity contribution in [3.8, 4) is 0 Å². The highest BCUT2D eigenvalue weighted by atomic mass is 16.4. The number of hydrogen-bond donors (Lipinski definition) is 3. The van der Waals surface area contributed by atoms with Crippen LogP contribution in [0.2, 0.25) is 0 Å². The van der Waals surface area contributed by atoms with Crippen molar-refractivity contribution in [2.75, 3.05) is 0 Å². The molecule has 21 heavy (non-hydrogen) atoms. The number of carbonyl (C=O) groups excluding carboxylic acids is 1. The Balaban J connectivity index is 2.54. The highest BCUT2D eigenvalue weighted by Crippen LogP contribution is 2.19. The molecule has 0 radical (unpaired) electrons. The van der Waals surface area contributed by atoms with Gasteiger partial charge in [-0.15, -0.1) is 0 Å². The van der Waals surface area contributed by atoms with Crippen LogP contribution < -0.4 is 10.6 Å². The fourth-order valence-corrected chi connectivity index (χ4v) is 1.91. The molecule has 0 aliphatic carbocycles. The highest BCUT2D eigenvalue weighted by Gasteiger charge is 2.32. The van der Waals surface area contributed by atoms with Crippen molar-refractivity contribution in [2.45, 2.75) is 46.7 Å². The first kappa shape index (κ1) is 17.0. The number of benzene rings is 1. The molecule has 0 saturated heterocycles. The summed E-state index contributed by atoms with van der Waals surface area (Å²) in [5, 5.41) is 14.3. The van der Waals surface area contributed by atoms with Gasteiger partial charge < -0.3 is 15.7 Å². The summed E-state index contributed by atoms with van der Waals surface area (Å²) in [6.07, 6.45) is 0.972. The van der Waals surface area contributed by atoms with E-state index < -0.39 is 23.5 Å². The van der Waals surface area contributed by atoms with E-state index in [4.69, 9.17) is 5.11 Å². The van der Waals surface area contributed by atoms with Crippen LogP contribution >= 0.6 is 0 Å². The van der Waals surface area contributed by atoms with Crippen LogP contribution in [0.25, 0.3) is 0 Å². The molecule has 1 aromatic carbocycles. The first-order chi connectivity index (χ1) is 9.74. The standard InChI is InChI=1S/C16H24N2O3/c1-5-11-6-8-12(9-7-11)10-17-15(21)18-13(14(19)20)16(2,3)4/h6-9,13H,5,10H2,1-4H3,(H,19,20)(H2,17,18,21)/t13-/m1/s1. The van der Waals surface area contributed by atoms with Gasteiger partial charge in [-0.3, -0.25) is 0 Å². The van der Waals surface area contributed by atoms with Crippen LogP contribution in [0.1, 0.15) is 38.8 Å². The quantitative estimate of drug-likeness (QED) is 0.780. The molecule has 1 rings (SSSR count). The molecule has 0 aromatic heterocycles. The molecule has 5 nitrogen and oxygen atoms in total. The SMILES string of the molecule is CCc1ccc(CNC(=O)N[C@H](C(=O)O)C(C)(C)C)cc1. The van der Waals surface area contributed by atoms with Crippen molar-refractivity contribution in [2.24, 2.45) is 5.41 Å². The zero-order chi connectivity index (χ0) is 16.0. The molecule has 0 spiro atoms. The van der Waals surface area contributed by atoms with Gasteiger partial charge in [0.1, 0.15) is 6.04 Å². The van der Waals surface area contributed by atoms with Crippen LogP contribution in [0, 0.1) is 5.41 Å². The summed E-state index contributed by atoms with van der Waals surface area (Å²) >= 11 is 0. The maximum absolute atomic E-state index is 11.8. The Kier molecular flexibility index (Phi) is 5.76. The first-order valence-electron chi connectivity index (χ1n) is 7.09. The molecule has 1 atom stereocenters. The van der Waals surface area contributed by atoms with Gasteiger partial charge in [0.15, 0.2) is 0 Å². The molecule has 5 heteroatoms. The Morgan fingerprint density at radius 3 is 2.10 bits per heavy atom. The Labute approximate surface area is 125 Å². The van der Waals surface area contributed by atoms with Gasteiger partial charge in [0.25, 0.3) is 0 Å². The number of aryl methyl sites for hydroxylation is 1. The maximum Gasteiger partial charge on any atom is 0.326 e. The van der Waals surface area contributed by atoms with Crippen molar-refractivity contribution < 1.29 is 14.7 Å². The number of carbonyl (C=O) groups is 2. The van der Waals surface area contributed by atoms with Gasteiger partial charge in [0.05, 0.1) is 0 Å². The number of nitrogens with one attached hydrogen (secondary N) is 2. The third-order valence-corrected chi connectivity index (χ3v) is 3.27. The lowest BCUT2D eigenvalue weighted by Crippen LogP contribution is -2.52. The van der Waals surface area contributed by atoms with Crippen molar-refractivity contribution in [3.05, 3.63) is 35.4 Å². The second-order valence-corrected chi connectivity index (χ2v) is 6.13. The predicted molar refractivity (Wildman–Crippen MR) is 82.1 cm³/mol. The molecule has 0 heterocycles. The highest BCUT2D eigenvalue weighted by molar-refractivity contribution is 5.83. The molecule has 0 aliphatic rings. The topological polar surface area (TPSA) is 78.4 Å². The summed E-state index contributed by atoms with van der Waals surface area (Å²) in [6, 6.07) is 6.54. The van der Waals surface area contributed by atoms with Gasteiger partial charge in [0.2, 0.25) is 0 Å². The van der Waals surface area contributed by atoms with Gasteiger partial charge in [-0.25, -0.2) is 9.59 Å². The second kappa shape index (κ2) is 7.11. The number of amides is 2. The summed E-state index contributed by atoms with van der Waals surface area (Å²) in [4.78, 5) is 23.0. The molecule has 1 aromatic rings. The Hall–Kier alpha value is -2.04. The molecule has 3 N–H and O–H groups in total. The maximum atomic E-state index is 11.8. The number of carboxylic acids is 1. The number of aliphatic carboxylic acids is 1. The number of urea groups is 1. The molecular formula is C16H24N2O3. The van der Waals surface area contributed by atoms with E-state index in [1.54, 1.807) is 20.8 Å². The van der Waals surface area contributed by atoms with E-state index in [9.17, 15) is 9.59 Å². The monoisotopic (exact) mass is 292 g/mol. The van der Waals surface area contributed by atoms with Crippen molar-refractivity contribution in [1.29, 1.82) is 0 Å². The van der Waals surface area contributed by atoms with E-state index in [1.165, 1.54) is 5.56 Å². The summed E-state index contributed by atoms with van der Waals surface area (Å²) < 4.78 is 0. The smallest absolute Gasteiger partial charge is 0.326 e. The lowest BCUT2D eigenvalue weighted by atomic mass is 9.87. The van der Waals surface area contributed by atoms with Crippen molar-refractivity contribution in [3.63, 3.8) is 0 Å². The van der Waals surface area contributed by atoms with Crippen molar-refractivity contribution in [1.82, 2.24) is 10.6 Å². The van der Waals surface area contributed by atoms with Crippen LogP contribution in [0.5, 0.6) is 0 Å². The molecule has 2 amide bonds. The predicted octanol–water partition coefficient (Wildman–Crippen LogP) is 2.55. The Bertz CT molecular complexity index is 489. The van der Waals surface area contributed by atoms with E-state index in [2.05, 4.69) is 17.6 Å². The average Bonchev–Trinajstić information content (AvgIpc) is 2.41. The molecular weight excluding hydrogens is 268 g/mol. The van der Waals surface area contributed by atoms with Crippen LogP contribution in [0.3, 0.4) is 0 Å². The van der Waals surface area contributed by atoms with E-state index in [1.807, 2.05) is 24.3 Å². The van der Waals surface area contributed by atoms with Gasteiger partial charge in [0, 0.05) is 6.54 Å². The lowest BCUT2D eigenvalue weighted by Gasteiger charge is -2.27. The van der Waals surface area contributed by atoms with Crippen LogP contribution in [0.15, 0.2) is 24.3 Å². The fourth-order valence-electron chi connectivity index (χ4n) is 1.91. The molecule has 0 saturated carbocycles. The zero-order valence-electron chi connectivity index (χ0n) is 13.1. The van der Waals surface area contributed by atoms with E-state index in [0.717, 1.165) is 12.0 Å². The largest absolute Gasteiger partial charge is 0.480 e. The molecule has 0 aliphatic heterocycles. The third kappa shape index (κ3) is 5.45. The number of hydrogen-bond acceptors (Lipinski definition) is 2. The van der Waals surface area contributed by atoms with E-state index in [0.29, 0.717) is 6.54 Å². The normalized spacial score (nSPS) is 12.6. The Morgan fingerprint density at radius 1 is 1.14 bits per heavy atom. The van der Waals surface area contributed by atoms with Crippen LogP contribution in [-0.4, -0.2) is 23.1 Å². The average molecular weight is 292 g/mol. The lowest BCUT2D eigenvalue weighted by molar-refractivity contribution is -0.141. The minimum atomic E-state index is -1.04. The fraction of sp³-hybridized carbons (Fsp3) is 0.500. The minimum absolute atomic E-state index is 0.367. The summed E-state index contributed by atoms with van der Waals surface area (Å²) in [6.45, 7) is 7.77. The second-order valence-electron chi connectivity index (χ2n) is 6.13. The molecule has 116 valence electrons. The van der Waals surface area contributed by atoms with Crippen molar-refractivity contribution >= 4 is 12.0 Å². The van der Waals surface area contributed by atoms with Gasteiger partial charge in [-0.2, -0.15) is 0 Å². The first-order valence-corrected chi connectivity index (χ1v) is 7.09.